The van der Waals surface area contributed by atoms with Gasteiger partial charge in [0.25, 0.3) is 5.91 Å². The van der Waals surface area contributed by atoms with Gasteiger partial charge in [-0.1, -0.05) is 12.1 Å². The van der Waals surface area contributed by atoms with Crippen molar-refractivity contribution >= 4 is 5.91 Å². The van der Waals surface area contributed by atoms with Gasteiger partial charge in [-0.2, -0.15) is 0 Å². The van der Waals surface area contributed by atoms with Crippen molar-refractivity contribution in [2.45, 2.75) is 19.4 Å². The number of carbonyl (C=O) groups excluding carboxylic acids is 1. The van der Waals surface area contributed by atoms with Gasteiger partial charge < -0.3 is 15.3 Å². The molecule has 0 spiro atoms. The van der Waals surface area contributed by atoms with Crippen LogP contribution in [0.25, 0.3) is 0 Å². The van der Waals surface area contributed by atoms with Gasteiger partial charge in [0.15, 0.2) is 0 Å². The monoisotopic (exact) mass is 250 g/mol. The van der Waals surface area contributed by atoms with E-state index in [-0.39, 0.29) is 12.5 Å². The van der Waals surface area contributed by atoms with E-state index < -0.39 is 0 Å². The van der Waals surface area contributed by atoms with E-state index in [9.17, 15) is 4.79 Å². The van der Waals surface area contributed by atoms with Crippen molar-refractivity contribution < 1.29 is 9.90 Å². The first-order chi connectivity index (χ1) is 8.63. The Morgan fingerprint density at radius 1 is 1.22 bits per heavy atom. The molecule has 4 nitrogen and oxygen atoms in total. The minimum absolute atomic E-state index is 0.0515. The summed E-state index contributed by atoms with van der Waals surface area (Å²) in [4.78, 5) is 13.8. The number of nitrogens with zero attached hydrogens (tertiary/aromatic N) is 1. The van der Waals surface area contributed by atoms with Crippen molar-refractivity contribution in [2.24, 2.45) is 0 Å². The molecule has 0 radical (unpaired) electrons. The van der Waals surface area contributed by atoms with Crippen molar-refractivity contribution in [1.82, 2.24) is 10.2 Å². The zero-order chi connectivity index (χ0) is 13.4. The standard InChI is InChI=1S/C14H22N2O2/c1-16(2)11-12-5-7-13(8-6-12)14(18)15-9-3-4-10-17/h5-8,17H,3-4,9-11H2,1-2H3,(H,15,18). The van der Waals surface area contributed by atoms with Crippen LogP contribution in [0.2, 0.25) is 0 Å². The maximum absolute atomic E-state index is 11.8. The van der Waals surface area contributed by atoms with E-state index in [1.54, 1.807) is 0 Å². The quantitative estimate of drug-likeness (QED) is 0.716. The molecule has 1 aromatic rings. The van der Waals surface area contributed by atoms with E-state index in [2.05, 4.69) is 10.2 Å². The Bertz CT molecular complexity index is 361. The second-order valence-electron chi connectivity index (χ2n) is 4.62. The molecule has 0 atom stereocenters. The summed E-state index contributed by atoms with van der Waals surface area (Å²) in [6, 6.07) is 7.64. The summed E-state index contributed by atoms with van der Waals surface area (Å²) in [5.41, 5.74) is 1.87. The number of unbranched alkanes of at least 4 members (excludes halogenated alkanes) is 1. The van der Waals surface area contributed by atoms with Crippen LogP contribution in [0.5, 0.6) is 0 Å². The van der Waals surface area contributed by atoms with Crippen LogP contribution >= 0.6 is 0 Å². The van der Waals surface area contributed by atoms with Crippen molar-refractivity contribution in [1.29, 1.82) is 0 Å². The van der Waals surface area contributed by atoms with Crippen LogP contribution in [-0.4, -0.2) is 43.2 Å². The third kappa shape index (κ3) is 5.29. The number of benzene rings is 1. The van der Waals surface area contributed by atoms with E-state index in [0.717, 1.165) is 19.4 Å². The van der Waals surface area contributed by atoms with E-state index in [1.165, 1.54) is 5.56 Å². The van der Waals surface area contributed by atoms with Crippen LogP contribution in [0.15, 0.2) is 24.3 Å². The van der Waals surface area contributed by atoms with Crippen LogP contribution in [0.3, 0.4) is 0 Å². The Hall–Kier alpha value is -1.39. The Labute approximate surface area is 109 Å². The van der Waals surface area contributed by atoms with Gasteiger partial charge in [-0.25, -0.2) is 0 Å². The zero-order valence-electron chi connectivity index (χ0n) is 11.1. The molecular formula is C14H22N2O2. The Morgan fingerprint density at radius 2 is 1.89 bits per heavy atom. The predicted molar refractivity (Wildman–Crippen MR) is 72.5 cm³/mol. The Kier molecular flexibility index (Phi) is 6.39. The van der Waals surface area contributed by atoms with Gasteiger partial charge in [-0.05, 0) is 44.6 Å². The summed E-state index contributed by atoms with van der Waals surface area (Å²) in [5.74, 6) is -0.0515. The number of aliphatic hydroxyl groups is 1. The highest BCUT2D eigenvalue weighted by molar-refractivity contribution is 5.94. The fourth-order valence-corrected chi connectivity index (χ4v) is 1.67. The summed E-state index contributed by atoms with van der Waals surface area (Å²) in [5, 5.41) is 11.5. The van der Waals surface area contributed by atoms with Crippen molar-refractivity contribution in [3.63, 3.8) is 0 Å². The zero-order valence-corrected chi connectivity index (χ0v) is 11.1. The van der Waals surface area contributed by atoms with Gasteiger partial charge in [0.2, 0.25) is 0 Å². The van der Waals surface area contributed by atoms with E-state index in [1.807, 2.05) is 38.4 Å². The maximum Gasteiger partial charge on any atom is 0.251 e. The van der Waals surface area contributed by atoms with Crippen molar-refractivity contribution in [2.75, 3.05) is 27.2 Å². The van der Waals surface area contributed by atoms with Crippen LogP contribution < -0.4 is 5.32 Å². The molecule has 2 N–H and O–H groups in total. The molecule has 0 bridgehead atoms. The van der Waals surface area contributed by atoms with E-state index in [4.69, 9.17) is 5.11 Å². The molecule has 18 heavy (non-hydrogen) atoms. The third-order valence-electron chi connectivity index (χ3n) is 2.59. The smallest absolute Gasteiger partial charge is 0.251 e. The van der Waals surface area contributed by atoms with Gasteiger partial charge in [0.1, 0.15) is 0 Å². The number of hydrogen-bond donors (Lipinski definition) is 2. The molecule has 1 amide bonds. The first-order valence-electron chi connectivity index (χ1n) is 6.26. The normalized spacial score (nSPS) is 10.7. The molecule has 0 unspecified atom stereocenters. The summed E-state index contributed by atoms with van der Waals surface area (Å²) in [6.45, 7) is 1.66. The van der Waals surface area contributed by atoms with E-state index in [0.29, 0.717) is 12.1 Å². The van der Waals surface area contributed by atoms with Gasteiger partial charge >= 0.3 is 0 Å². The highest BCUT2D eigenvalue weighted by atomic mass is 16.2. The minimum Gasteiger partial charge on any atom is -0.396 e. The number of nitrogens with one attached hydrogen (secondary N) is 1. The second kappa shape index (κ2) is 7.84. The van der Waals surface area contributed by atoms with Gasteiger partial charge in [0.05, 0.1) is 0 Å². The number of aliphatic hydroxyl groups excluding tert-OH is 1. The second-order valence-corrected chi connectivity index (χ2v) is 4.62. The molecule has 0 aliphatic rings. The van der Waals surface area contributed by atoms with Crippen LogP contribution in [0.1, 0.15) is 28.8 Å². The minimum atomic E-state index is -0.0515. The molecule has 0 saturated carbocycles. The average Bonchev–Trinajstić information content (AvgIpc) is 2.34. The lowest BCUT2D eigenvalue weighted by Crippen LogP contribution is -2.24. The fraction of sp³-hybridized carbons (Fsp3) is 0.500. The molecule has 0 fully saturated rings. The number of amides is 1. The largest absolute Gasteiger partial charge is 0.396 e. The first kappa shape index (κ1) is 14.7. The van der Waals surface area contributed by atoms with E-state index >= 15 is 0 Å². The SMILES string of the molecule is CN(C)Cc1ccc(C(=O)NCCCCO)cc1. The lowest BCUT2D eigenvalue weighted by atomic mass is 10.1. The summed E-state index contributed by atoms with van der Waals surface area (Å²) < 4.78 is 0. The molecule has 0 aliphatic carbocycles. The summed E-state index contributed by atoms with van der Waals surface area (Å²) in [7, 11) is 4.03. The van der Waals surface area contributed by atoms with Crippen LogP contribution in [-0.2, 0) is 6.54 Å². The predicted octanol–water partition coefficient (Wildman–Crippen LogP) is 1.25. The topological polar surface area (TPSA) is 52.6 Å². The number of hydrogen-bond acceptors (Lipinski definition) is 3. The molecule has 0 aromatic heterocycles. The van der Waals surface area contributed by atoms with Crippen LogP contribution in [0, 0.1) is 0 Å². The fourth-order valence-electron chi connectivity index (χ4n) is 1.67. The highest BCUT2D eigenvalue weighted by Crippen LogP contribution is 2.06. The number of rotatable bonds is 7. The lowest BCUT2D eigenvalue weighted by Gasteiger charge is -2.10. The highest BCUT2D eigenvalue weighted by Gasteiger charge is 2.04. The molecule has 4 heteroatoms. The molecule has 100 valence electrons. The molecule has 1 aromatic carbocycles. The molecule has 0 saturated heterocycles. The van der Waals surface area contributed by atoms with Gasteiger partial charge in [-0.15, -0.1) is 0 Å². The van der Waals surface area contributed by atoms with Crippen molar-refractivity contribution in [3.8, 4) is 0 Å². The van der Waals surface area contributed by atoms with Crippen molar-refractivity contribution in [3.05, 3.63) is 35.4 Å². The Balaban J connectivity index is 2.43. The van der Waals surface area contributed by atoms with Gasteiger partial charge in [-0.3, -0.25) is 4.79 Å². The summed E-state index contributed by atoms with van der Waals surface area (Å²) >= 11 is 0. The summed E-state index contributed by atoms with van der Waals surface area (Å²) in [6.07, 6.45) is 1.53. The molecular weight excluding hydrogens is 228 g/mol. The Morgan fingerprint density at radius 3 is 2.44 bits per heavy atom. The lowest BCUT2D eigenvalue weighted by molar-refractivity contribution is 0.0952. The first-order valence-corrected chi connectivity index (χ1v) is 6.26. The third-order valence-corrected chi connectivity index (χ3v) is 2.59. The average molecular weight is 250 g/mol. The maximum atomic E-state index is 11.8. The number of carbonyl (C=O) groups is 1. The molecule has 0 heterocycles. The molecule has 0 aliphatic heterocycles. The van der Waals surface area contributed by atoms with Crippen LogP contribution in [0.4, 0.5) is 0 Å². The van der Waals surface area contributed by atoms with Gasteiger partial charge in [0, 0.05) is 25.3 Å². The molecule has 1 rings (SSSR count).